The number of halogens is 1. The fourth-order valence-corrected chi connectivity index (χ4v) is 11.3. The molecular weight excluding hydrogens is 1080 g/mol. The van der Waals surface area contributed by atoms with E-state index in [2.05, 4.69) is 164 Å². The molecule has 1 radical (unpaired) electrons. The summed E-state index contributed by atoms with van der Waals surface area (Å²) in [6.45, 7) is 15.3. The average Bonchev–Trinajstić information content (AvgIpc) is 4.06. The Morgan fingerprint density at radius 3 is 2.21 bits per heavy atom. The van der Waals surface area contributed by atoms with E-state index in [-0.39, 0.29) is 31.3 Å². The fraction of sp³-hybridized carbons (Fsp3) is 0.159. The number of benzene rings is 7. The monoisotopic (exact) mass is 1140 g/mol. The largest absolute Gasteiger partial charge is 0.486 e. The summed E-state index contributed by atoms with van der Waals surface area (Å²) in [6, 6.07) is 56.6. The van der Waals surface area contributed by atoms with E-state index in [9.17, 15) is 4.39 Å². The van der Waals surface area contributed by atoms with Gasteiger partial charge in [-0.15, -0.1) is 42.0 Å². The van der Waals surface area contributed by atoms with Crippen LogP contribution in [0.5, 0.6) is 0 Å². The molecule has 0 N–H and O–H groups in total. The van der Waals surface area contributed by atoms with Gasteiger partial charge in [-0.25, -0.2) is 4.98 Å². The summed E-state index contributed by atoms with van der Waals surface area (Å²) in [5.74, 6) is 0.415. The normalized spacial score (nSPS) is 12.7. The van der Waals surface area contributed by atoms with Crippen molar-refractivity contribution in [1.29, 1.82) is 0 Å². The second-order valence-corrected chi connectivity index (χ2v) is 25.4. The van der Waals surface area contributed by atoms with Gasteiger partial charge >= 0.3 is 0 Å². The quantitative estimate of drug-likeness (QED) is 0.123. The molecule has 9 heteroatoms. The zero-order chi connectivity index (χ0) is 51.8. The van der Waals surface area contributed by atoms with Gasteiger partial charge in [0.1, 0.15) is 0 Å². The van der Waals surface area contributed by atoms with E-state index in [1.165, 1.54) is 44.6 Å². The minimum atomic E-state index is -2.23. The number of para-hydroxylation sites is 3. The van der Waals surface area contributed by atoms with Crippen LogP contribution < -0.4 is 5.19 Å². The van der Waals surface area contributed by atoms with Crippen molar-refractivity contribution in [2.24, 2.45) is 0 Å². The first-order valence-corrected chi connectivity index (χ1v) is 27.5. The van der Waals surface area contributed by atoms with Crippen LogP contribution in [0.1, 0.15) is 47.1 Å². The Hall–Kier alpha value is -7.29. The number of imidazole rings is 1. The number of aromatic nitrogens is 5. The van der Waals surface area contributed by atoms with Crippen LogP contribution in [0.25, 0.3) is 100 Å². The Balaban J connectivity index is 0.000000196. The van der Waals surface area contributed by atoms with Crippen molar-refractivity contribution in [3.8, 4) is 45.1 Å². The third kappa shape index (κ3) is 8.49. The molecule has 0 unspecified atom stereocenters. The summed E-state index contributed by atoms with van der Waals surface area (Å²) in [5.41, 5.74) is 15.0. The van der Waals surface area contributed by atoms with E-state index < -0.39 is 14.9 Å². The second-order valence-electron chi connectivity index (χ2n) is 20.4. The van der Waals surface area contributed by atoms with Gasteiger partial charge < -0.3 is 18.5 Å². The Kier molecular flexibility index (Phi) is 11.6. The average molecular weight is 1140 g/mol. The van der Waals surface area contributed by atoms with Gasteiger partial charge in [-0.1, -0.05) is 141 Å². The summed E-state index contributed by atoms with van der Waals surface area (Å²) in [5, 5.41) is 5.29. The van der Waals surface area contributed by atoms with Crippen LogP contribution in [0, 0.1) is 38.6 Å². The van der Waals surface area contributed by atoms with E-state index in [1.807, 2.05) is 54.6 Å². The van der Waals surface area contributed by atoms with Gasteiger partial charge in [-0.05, 0) is 108 Å². The van der Waals surface area contributed by atoms with Crippen LogP contribution in [0.3, 0.4) is 0 Å². The maximum absolute atomic E-state index is 14.3. The number of nitrogens with zero attached hydrogens (tertiary/aromatic N) is 5. The predicted octanol–water partition coefficient (Wildman–Crippen LogP) is 16.0. The topological polar surface area (TPSA) is 61.7 Å². The first-order chi connectivity index (χ1) is 35.4. The van der Waals surface area contributed by atoms with Gasteiger partial charge in [-0.3, -0.25) is 9.37 Å². The number of hydrogen-bond acceptors (Lipinski definition) is 4. The maximum atomic E-state index is 14.3. The van der Waals surface area contributed by atoms with E-state index in [4.69, 9.17) is 13.5 Å². The van der Waals surface area contributed by atoms with Crippen molar-refractivity contribution in [1.82, 2.24) is 24.1 Å². The summed E-state index contributed by atoms with van der Waals surface area (Å²) in [6.07, 6.45) is 3.43. The molecule has 0 amide bonds. The van der Waals surface area contributed by atoms with Crippen molar-refractivity contribution in [2.75, 3.05) is 0 Å². The molecule has 0 fully saturated rings. The van der Waals surface area contributed by atoms with Gasteiger partial charge in [0.2, 0.25) is 5.71 Å². The molecule has 359 valence electrons. The molecule has 72 heavy (non-hydrogen) atoms. The number of fused-ring (bicyclic) bond motifs is 7. The van der Waals surface area contributed by atoms with Crippen LogP contribution in [0.2, 0.25) is 19.6 Å². The maximum Gasteiger partial charge on any atom is 0.216 e. The van der Waals surface area contributed by atoms with Gasteiger partial charge in [-0.2, -0.15) is 0 Å². The Morgan fingerprint density at radius 2 is 1.46 bits per heavy atom. The first-order valence-electron chi connectivity index (χ1n) is 25.5. The van der Waals surface area contributed by atoms with Crippen molar-refractivity contribution in [2.45, 2.75) is 66.5 Å². The van der Waals surface area contributed by atoms with Crippen LogP contribution in [-0.2, 0) is 25.5 Å². The molecule has 5 aromatic heterocycles. The number of pyridine rings is 2. The van der Waals surface area contributed by atoms with E-state index in [0.29, 0.717) is 28.1 Å². The molecule has 12 rings (SSSR count). The van der Waals surface area contributed by atoms with Crippen LogP contribution in [-0.4, -0.2) is 32.2 Å². The van der Waals surface area contributed by atoms with Crippen LogP contribution in [0.4, 0.5) is 4.39 Å². The fourth-order valence-electron chi connectivity index (χ4n) is 10.0. The summed E-state index contributed by atoms with van der Waals surface area (Å²) in [4.78, 5) is 14.2. The van der Waals surface area contributed by atoms with E-state index in [1.54, 1.807) is 24.5 Å². The Morgan fingerprint density at radius 1 is 0.708 bits per heavy atom. The molecule has 0 bridgehead atoms. The van der Waals surface area contributed by atoms with Crippen molar-refractivity contribution in [3.63, 3.8) is 0 Å². The zero-order valence-corrected chi connectivity index (χ0v) is 44.8. The standard InChI is InChI=1S/C42H33N4O.C21H21FNSi.Ir/c1-25-23-33-29-21-20-27(42(3,4)5)24-36(29)45(28-13-7-6-8-14-28)38(33)26(2)37(25)46-35-19-10-9-18-34(35)44-40(46)32-16-11-15-30-31-17-12-22-43-41(31)47-39(30)32;1-15-12-20(23-14-21(15)24(2,3)4)17-10-11-19(22)18(13-17)16-8-6-5-7-9-16;/h6-15,17-24H,1-5H3;5-9,11-14H,1-4H3;/q2*-1;/i;1D3;. The van der Waals surface area contributed by atoms with Crippen molar-refractivity contribution in [3.05, 3.63) is 204 Å². The molecule has 7 aromatic carbocycles. The second kappa shape index (κ2) is 18.7. The third-order valence-electron chi connectivity index (χ3n) is 13.5. The van der Waals surface area contributed by atoms with Gasteiger partial charge in [0.25, 0.3) is 0 Å². The minimum Gasteiger partial charge on any atom is -0.486 e. The molecular formula is C63H54FIrN5OSi-2. The van der Waals surface area contributed by atoms with E-state index in [0.717, 1.165) is 60.9 Å². The molecule has 0 aliphatic carbocycles. The molecule has 0 atom stereocenters. The van der Waals surface area contributed by atoms with E-state index >= 15 is 0 Å². The molecule has 5 heterocycles. The summed E-state index contributed by atoms with van der Waals surface area (Å²) < 4.78 is 49.2. The molecule has 6 nitrogen and oxygen atoms in total. The van der Waals surface area contributed by atoms with Crippen LogP contribution >= 0.6 is 0 Å². The van der Waals surface area contributed by atoms with Crippen molar-refractivity contribution < 1.29 is 33.0 Å². The number of furan rings is 1. The molecule has 0 spiro atoms. The van der Waals surface area contributed by atoms with Gasteiger partial charge in [0.15, 0.2) is 0 Å². The third-order valence-corrected chi connectivity index (χ3v) is 15.5. The van der Waals surface area contributed by atoms with Gasteiger partial charge in [0, 0.05) is 70.0 Å². The van der Waals surface area contributed by atoms with Crippen LogP contribution in [0.15, 0.2) is 168 Å². The minimum absolute atomic E-state index is 0. The number of hydrogen-bond donors (Lipinski definition) is 0. The molecule has 0 saturated carbocycles. The summed E-state index contributed by atoms with van der Waals surface area (Å²) >= 11 is 0. The first kappa shape index (κ1) is 44.6. The Labute approximate surface area is 438 Å². The molecule has 0 aliphatic heterocycles. The molecule has 0 aliphatic rings. The smallest absolute Gasteiger partial charge is 0.216 e. The SMILES string of the molecule is Cc1cc2c3ccc(C(C)(C)C)cc3n(-c3ccccc3)c2c(C)c1-n1c(-c2[c-]ccc3c2oc2ncccc23)nc2ccccc21.[2H]C([2H])([2H])c1cc(-c2[c-]cc(F)c(-c3ccccc3)c2)ncc1[Si](C)(C)C.[Ir]. The Bertz CT molecular complexity index is 4130. The number of aryl methyl sites for hydroxylation is 3. The van der Waals surface area contributed by atoms with Crippen molar-refractivity contribution >= 4 is 68.2 Å². The molecule has 12 aromatic rings. The summed E-state index contributed by atoms with van der Waals surface area (Å²) in [7, 11) is -1.88. The molecule has 0 saturated heterocycles. The predicted molar refractivity (Wildman–Crippen MR) is 295 cm³/mol. The number of rotatable bonds is 6. The van der Waals surface area contributed by atoms with Gasteiger partial charge in [0.05, 0.1) is 41.5 Å². The zero-order valence-electron chi connectivity index (χ0n) is 44.4.